The second kappa shape index (κ2) is 7.24. The van der Waals surface area contributed by atoms with Crippen molar-refractivity contribution < 1.29 is 0 Å². The van der Waals surface area contributed by atoms with Gasteiger partial charge in [0.1, 0.15) is 0 Å². The molecule has 3 rings (SSSR count). The standard InChI is InChI=1S/C19H30N4/c1-22(16-6-4-3-5-7-16)17-10-8-15(9-11-17)14-21-19(20)23(2)18-12-13-18/h8-11,16,18H,3-7,12-14H2,1-2H3,(H2,20,21). The lowest BCUT2D eigenvalue weighted by Gasteiger charge is -2.33. The molecular weight excluding hydrogens is 284 g/mol. The van der Waals surface area contributed by atoms with E-state index >= 15 is 0 Å². The average molecular weight is 314 g/mol. The van der Waals surface area contributed by atoms with Crippen molar-refractivity contribution in [2.45, 2.75) is 63.6 Å². The zero-order chi connectivity index (χ0) is 16.2. The van der Waals surface area contributed by atoms with Crippen LogP contribution in [0, 0.1) is 0 Å². The van der Waals surface area contributed by atoms with E-state index in [2.05, 4.69) is 46.1 Å². The molecule has 2 fully saturated rings. The molecule has 4 heteroatoms. The van der Waals surface area contributed by atoms with Crippen molar-refractivity contribution in [3.05, 3.63) is 29.8 Å². The van der Waals surface area contributed by atoms with Gasteiger partial charge in [0.2, 0.25) is 0 Å². The zero-order valence-corrected chi connectivity index (χ0v) is 14.5. The second-order valence-electron chi connectivity index (χ2n) is 7.09. The van der Waals surface area contributed by atoms with E-state index in [9.17, 15) is 0 Å². The van der Waals surface area contributed by atoms with Gasteiger partial charge in [-0.3, -0.25) is 0 Å². The molecule has 1 aromatic carbocycles. The number of hydrogen-bond acceptors (Lipinski definition) is 2. The number of rotatable bonds is 5. The van der Waals surface area contributed by atoms with E-state index in [1.54, 1.807) is 0 Å². The quantitative estimate of drug-likeness (QED) is 0.669. The van der Waals surface area contributed by atoms with Crippen LogP contribution in [-0.2, 0) is 6.54 Å². The van der Waals surface area contributed by atoms with E-state index in [0.29, 0.717) is 24.6 Å². The smallest absolute Gasteiger partial charge is 0.191 e. The van der Waals surface area contributed by atoms with Crippen molar-refractivity contribution >= 4 is 11.6 Å². The second-order valence-corrected chi connectivity index (χ2v) is 7.09. The van der Waals surface area contributed by atoms with Crippen molar-refractivity contribution in [1.29, 1.82) is 0 Å². The normalized spacial score (nSPS) is 19.7. The van der Waals surface area contributed by atoms with Crippen LogP contribution in [-0.4, -0.2) is 37.0 Å². The maximum Gasteiger partial charge on any atom is 0.191 e. The Hall–Kier alpha value is -1.71. The van der Waals surface area contributed by atoms with Crippen molar-refractivity contribution in [2.75, 3.05) is 19.0 Å². The number of nitrogens with two attached hydrogens (primary N) is 1. The molecule has 0 atom stereocenters. The molecule has 23 heavy (non-hydrogen) atoms. The molecule has 2 saturated carbocycles. The molecular formula is C19H30N4. The maximum absolute atomic E-state index is 6.05. The molecule has 0 spiro atoms. The lowest BCUT2D eigenvalue weighted by Crippen LogP contribution is -2.35. The molecule has 0 aromatic heterocycles. The summed E-state index contributed by atoms with van der Waals surface area (Å²) in [4.78, 5) is 9.07. The van der Waals surface area contributed by atoms with E-state index in [4.69, 9.17) is 5.73 Å². The summed E-state index contributed by atoms with van der Waals surface area (Å²) < 4.78 is 0. The van der Waals surface area contributed by atoms with Gasteiger partial charge >= 0.3 is 0 Å². The fraction of sp³-hybridized carbons (Fsp3) is 0.632. The summed E-state index contributed by atoms with van der Waals surface area (Å²) >= 11 is 0. The molecule has 1 aromatic rings. The minimum atomic E-state index is 0.616. The fourth-order valence-corrected chi connectivity index (χ4v) is 3.45. The lowest BCUT2D eigenvalue weighted by atomic mass is 9.94. The van der Waals surface area contributed by atoms with Crippen LogP contribution >= 0.6 is 0 Å². The minimum Gasteiger partial charge on any atom is -0.372 e. The van der Waals surface area contributed by atoms with Gasteiger partial charge < -0.3 is 15.5 Å². The van der Waals surface area contributed by atoms with E-state index in [1.165, 1.54) is 56.2 Å². The summed E-state index contributed by atoms with van der Waals surface area (Å²) in [5.41, 5.74) is 8.58. The molecule has 2 aliphatic rings. The van der Waals surface area contributed by atoms with Gasteiger partial charge in [0.25, 0.3) is 0 Å². The Labute approximate surface area is 140 Å². The van der Waals surface area contributed by atoms with Crippen molar-refractivity contribution in [3.8, 4) is 0 Å². The molecule has 0 amide bonds. The number of benzene rings is 1. The summed E-state index contributed by atoms with van der Waals surface area (Å²) in [7, 11) is 4.27. The first kappa shape index (κ1) is 16.2. The largest absolute Gasteiger partial charge is 0.372 e. The van der Waals surface area contributed by atoms with Gasteiger partial charge in [0, 0.05) is 31.9 Å². The third-order valence-electron chi connectivity index (χ3n) is 5.35. The molecule has 4 nitrogen and oxygen atoms in total. The van der Waals surface area contributed by atoms with E-state index in [0.717, 1.165) is 0 Å². The van der Waals surface area contributed by atoms with Gasteiger partial charge in [-0.15, -0.1) is 0 Å². The van der Waals surface area contributed by atoms with Gasteiger partial charge in [0.15, 0.2) is 5.96 Å². The fourth-order valence-electron chi connectivity index (χ4n) is 3.45. The number of hydrogen-bond donors (Lipinski definition) is 1. The van der Waals surface area contributed by atoms with Gasteiger partial charge in [0.05, 0.1) is 6.54 Å². The Bertz CT molecular complexity index is 527. The highest BCUT2D eigenvalue weighted by molar-refractivity contribution is 5.78. The monoisotopic (exact) mass is 314 g/mol. The van der Waals surface area contributed by atoms with Crippen molar-refractivity contribution in [1.82, 2.24) is 4.90 Å². The SMILES string of the molecule is CN(C(N)=NCc1ccc(N(C)C2CCCCC2)cc1)C1CC1. The molecule has 0 aliphatic heterocycles. The third kappa shape index (κ3) is 4.18. The number of aliphatic imine (C=N–C) groups is 1. The first-order valence-electron chi connectivity index (χ1n) is 8.99. The van der Waals surface area contributed by atoms with E-state index in [1.807, 2.05) is 7.05 Å². The zero-order valence-electron chi connectivity index (χ0n) is 14.5. The van der Waals surface area contributed by atoms with Gasteiger partial charge in [-0.25, -0.2) is 4.99 Å². The highest BCUT2D eigenvalue weighted by atomic mass is 15.3. The van der Waals surface area contributed by atoms with Crippen LogP contribution in [0.4, 0.5) is 5.69 Å². The van der Waals surface area contributed by atoms with Crippen LogP contribution < -0.4 is 10.6 Å². The topological polar surface area (TPSA) is 44.9 Å². The number of anilines is 1. The number of guanidine groups is 1. The average Bonchev–Trinajstić information content (AvgIpc) is 3.44. The highest BCUT2D eigenvalue weighted by Gasteiger charge is 2.27. The van der Waals surface area contributed by atoms with Crippen LogP contribution in [0.3, 0.4) is 0 Å². The molecule has 0 unspecified atom stereocenters. The predicted molar refractivity (Wildman–Crippen MR) is 97.8 cm³/mol. The maximum atomic E-state index is 6.05. The highest BCUT2D eigenvalue weighted by Crippen LogP contribution is 2.27. The van der Waals surface area contributed by atoms with Crippen molar-refractivity contribution in [3.63, 3.8) is 0 Å². The summed E-state index contributed by atoms with van der Waals surface area (Å²) in [5, 5.41) is 0. The van der Waals surface area contributed by atoms with E-state index in [-0.39, 0.29) is 0 Å². The molecule has 0 bridgehead atoms. The van der Waals surface area contributed by atoms with Crippen LogP contribution in [0.2, 0.25) is 0 Å². The van der Waals surface area contributed by atoms with E-state index < -0.39 is 0 Å². The van der Waals surface area contributed by atoms with Gasteiger partial charge in [-0.05, 0) is 43.4 Å². The summed E-state index contributed by atoms with van der Waals surface area (Å²) in [6.45, 7) is 0.663. The Kier molecular flexibility index (Phi) is 5.09. The van der Waals surface area contributed by atoms with Crippen LogP contribution in [0.1, 0.15) is 50.5 Å². The summed E-state index contributed by atoms with van der Waals surface area (Å²) in [6.07, 6.45) is 9.28. The third-order valence-corrected chi connectivity index (χ3v) is 5.35. The minimum absolute atomic E-state index is 0.616. The Morgan fingerprint density at radius 3 is 2.26 bits per heavy atom. The molecule has 0 heterocycles. The van der Waals surface area contributed by atoms with Gasteiger partial charge in [-0.1, -0.05) is 31.4 Å². The summed E-state index contributed by atoms with van der Waals surface area (Å²) in [5.74, 6) is 0.663. The Balaban J connectivity index is 1.57. The first-order valence-corrected chi connectivity index (χ1v) is 8.99. The Morgan fingerprint density at radius 1 is 1.00 bits per heavy atom. The lowest BCUT2D eigenvalue weighted by molar-refractivity contribution is 0.427. The number of nitrogens with zero attached hydrogens (tertiary/aromatic N) is 3. The van der Waals surface area contributed by atoms with Crippen molar-refractivity contribution in [2.24, 2.45) is 10.7 Å². The molecule has 0 radical (unpaired) electrons. The molecule has 2 aliphatic carbocycles. The van der Waals surface area contributed by atoms with Gasteiger partial charge in [-0.2, -0.15) is 0 Å². The first-order chi connectivity index (χ1) is 11.1. The predicted octanol–water partition coefficient (Wildman–Crippen LogP) is 3.36. The molecule has 0 saturated heterocycles. The summed E-state index contributed by atoms with van der Waals surface area (Å²) in [6, 6.07) is 10.1. The van der Waals surface area contributed by atoms with Crippen LogP contribution in [0.15, 0.2) is 29.3 Å². The van der Waals surface area contributed by atoms with Crippen LogP contribution in [0.25, 0.3) is 0 Å². The molecule has 126 valence electrons. The van der Waals surface area contributed by atoms with Crippen LogP contribution in [0.5, 0.6) is 0 Å². The molecule has 2 N–H and O–H groups in total. The Morgan fingerprint density at radius 2 is 1.65 bits per heavy atom.